The van der Waals surface area contributed by atoms with E-state index in [1.165, 1.54) is 25.3 Å². The smallest absolute Gasteiger partial charge is 0.264 e. The fourth-order valence-corrected chi connectivity index (χ4v) is 3.37. The van der Waals surface area contributed by atoms with Crippen LogP contribution in [0, 0.1) is 6.92 Å². The van der Waals surface area contributed by atoms with Crippen LogP contribution in [0.2, 0.25) is 0 Å². The van der Waals surface area contributed by atoms with Crippen LogP contribution in [0.15, 0.2) is 39.8 Å². The third kappa shape index (κ3) is 3.45. The summed E-state index contributed by atoms with van der Waals surface area (Å²) in [6.45, 7) is 1.71. The van der Waals surface area contributed by atoms with Crippen molar-refractivity contribution in [3.05, 3.63) is 40.6 Å². The number of nitrogens with zero attached hydrogens (tertiary/aromatic N) is 1. The fraction of sp³-hybridized carbons (Fsp3) is 0.154. The van der Waals surface area contributed by atoms with Crippen molar-refractivity contribution in [2.24, 2.45) is 0 Å². The molecule has 2 rings (SSSR count). The lowest BCUT2D eigenvalue weighted by Gasteiger charge is -2.12. The average Bonchev–Trinajstić information content (AvgIpc) is 2.41. The van der Waals surface area contributed by atoms with E-state index in [-0.39, 0.29) is 10.6 Å². The standard InChI is InChI=1S/C13H14BrN3O3S/c1-8-11(4-6-13(14)16-8)17-21(18,19)12-5-3-9(20-2)7-10(12)15/h3-7,17H,15H2,1-2H3. The second kappa shape index (κ2) is 5.90. The summed E-state index contributed by atoms with van der Waals surface area (Å²) in [7, 11) is -2.31. The third-order valence-electron chi connectivity index (χ3n) is 2.80. The summed E-state index contributed by atoms with van der Waals surface area (Å²) in [5.41, 5.74) is 6.84. The number of pyridine rings is 1. The molecule has 112 valence electrons. The Morgan fingerprint density at radius 2 is 2.00 bits per heavy atom. The number of nitrogens with one attached hydrogen (secondary N) is 1. The molecule has 0 aliphatic heterocycles. The van der Waals surface area contributed by atoms with E-state index in [1.54, 1.807) is 19.1 Å². The van der Waals surface area contributed by atoms with Crippen molar-refractivity contribution >= 4 is 37.3 Å². The van der Waals surface area contributed by atoms with Gasteiger partial charge in [0.25, 0.3) is 10.0 Å². The van der Waals surface area contributed by atoms with Crippen molar-refractivity contribution < 1.29 is 13.2 Å². The molecule has 0 aliphatic carbocycles. The van der Waals surface area contributed by atoms with Crippen LogP contribution in [0.4, 0.5) is 11.4 Å². The van der Waals surface area contributed by atoms with Crippen LogP contribution in [0.25, 0.3) is 0 Å². The summed E-state index contributed by atoms with van der Waals surface area (Å²) in [6, 6.07) is 7.68. The van der Waals surface area contributed by atoms with Crippen LogP contribution in [-0.4, -0.2) is 20.5 Å². The minimum Gasteiger partial charge on any atom is -0.497 e. The molecule has 8 heteroatoms. The molecule has 0 fully saturated rings. The molecule has 0 bridgehead atoms. The first-order chi connectivity index (χ1) is 9.83. The number of aryl methyl sites for hydroxylation is 1. The lowest BCUT2D eigenvalue weighted by atomic mass is 10.3. The quantitative estimate of drug-likeness (QED) is 0.635. The molecular weight excluding hydrogens is 358 g/mol. The Labute approximate surface area is 131 Å². The number of aromatic nitrogens is 1. The minimum atomic E-state index is -3.79. The molecule has 0 amide bonds. The van der Waals surface area contributed by atoms with Gasteiger partial charge < -0.3 is 10.5 Å². The SMILES string of the molecule is COc1ccc(S(=O)(=O)Nc2ccc(Br)nc2C)c(N)c1. The number of rotatable bonds is 4. The number of ether oxygens (including phenoxy) is 1. The van der Waals surface area contributed by atoms with E-state index in [0.29, 0.717) is 21.7 Å². The molecule has 0 atom stereocenters. The first-order valence-electron chi connectivity index (χ1n) is 5.93. The van der Waals surface area contributed by atoms with Gasteiger partial charge in [0.1, 0.15) is 15.2 Å². The zero-order valence-electron chi connectivity index (χ0n) is 11.4. The maximum absolute atomic E-state index is 12.4. The summed E-state index contributed by atoms with van der Waals surface area (Å²) in [4.78, 5) is 4.13. The Kier molecular flexibility index (Phi) is 4.38. The highest BCUT2D eigenvalue weighted by molar-refractivity contribution is 9.10. The van der Waals surface area contributed by atoms with Crippen molar-refractivity contribution in [3.8, 4) is 5.75 Å². The molecule has 0 radical (unpaired) electrons. The van der Waals surface area contributed by atoms with Crippen LogP contribution in [0.5, 0.6) is 5.75 Å². The van der Waals surface area contributed by atoms with E-state index in [9.17, 15) is 8.42 Å². The van der Waals surface area contributed by atoms with Gasteiger partial charge >= 0.3 is 0 Å². The molecule has 0 spiro atoms. The number of benzene rings is 1. The number of hydrogen-bond donors (Lipinski definition) is 2. The zero-order valence-corrected chi connectivity index (χ0v) is 13.8. The number of nitrogen functional groups attached to an aromatic ring is 1. The lowest BCUT2D eigenvalue weighted by Crippen LogP contribution is -2.16. The van der Waals surface area contributed by atoms with Crippen molar-refractivity contribution in [2.75, 3.05) is 17.6 Å². The molecule has 0 saturated carbocycles. The van der Waals surface area contributed by atoms with Crippen molar-refractivity contribution in [2.45, 2.75) is 11.8 Å². The Hall–Kier alpha value is -1.80. The molecule has 2 aromatic rings. The van der Waals surface area contributed by atoms with Crippen LogP contribution in [-0.2, 0) is 10.0 Å². The van der Waals surface area contributed by atoms with Gasteiger partial charge in [-0.2, -0.15) is 0 Å². The highest BCUT2D eigenvalue weighted by Crippen LogP contribution is 2.26. The highest BCUT2D eigenvalue weighted by Gasteiger charge is 2.19. The monoisotopic (exact) mass is 371 g/mol. The third-order valence-corrected chi connectivity index (χ3v) is 4.68. The van der Waals surface area contributed by atoms with E-state index < -0.39 is 10.0 Å². The maximum Gasteiger partial charge on any atom is 0.264 e. The average molecular weight is 372 g/mol. The number of halogens is 1. The van der Waals surface area contributed by atoms with Gasteiger partial charge in [-0.05, 0) is 47.1 Å². The van der Waals surface area contributed by atoms with Crippen LogP contribution in [0.3, 0.4) is 0 Å². The molecule has 0 unspecified atom stereocenters. The topological polar surface area (TPSA) is 94.3 Å². The van der Waals surface area contributed by atoms with E-state index in [2.05, 4.69) is 25.6 Å². The maximum atomic E-state index is 12.4. The Morgan fingerprint density at radius 1 is 1.29 bits per heavy atom. The molecule has 3 N–H and O–H groups in total. The van der Waals surface area contributed by atoms with Gasteiger partial charge in [0, 0.05) is 6.07 Å². The van der Waals surface area contributed by atoms with Gasteiger partial charge in [-0.15, -0.1) is 0 Å². The number of anilines is 2. The number of hydrogen-bond acceptors (Lipinski definition) is 5. The van der Waals surface area contributed by atoms with E-state index in [4.69, 9.17) is 10.5 Å². The van der Waals surface area contributed by atoms with Gasteiger partial charge in [0.05, 0.1) is 24.2 Å². The predicted molar refractivity (Wildman–Crippen MR) is 84.9 cm³/mol. The lowest BCUT2D eigenvalue weighted by molar-refractivity contribution is 0.414. The van der Waals surface area contributed by atoms with Gasteiger partial charge in [0.15, 0.2) is 0 Å². The summed E-state index contributed by atoms with van der Waals surface area (Å²) >= 11 is 3.23. The molecular formula is C13H14BrN3O3S. The molecule has 21 heavy (non-hydrogen) atoms. The van der Waals surface area contributed by atoms with Gasteiger partial charge in [0.2, 0.25) is 0 Å². The fourth-order valence-electron chi connectivity index (χ4n) is 1.74. The van der Waals surface area contributed by atoms with E-state index >= 15 is 0 Å². The summed E-state index contributed by atoms with van der Waals surface area (Å²) in [5, 5.41) is 0. The van der Waals surface area contributed by atoms with Crippen molar-refractivity contribution in [1.82, 2.24) is 4.98 Å². The first-order valence-corrected chi connectivity index (χ1v) is 8.20. The zero-order chi connectivity index (χ0) is 15.6. The van der Waals surface area contributed by atoms with E-state index in [0.717, 1.165) is 0 Å². The van der Waals surface area contributed by atoms with Crippen molar-refractivity contribution in [1.29, 1.82) is 0 Å². The molecule has 6 nitrogen and oxygen atoms in total. The second-order valence-corrected chi connectivity index (χ2v) is 6.74. The number of nitrogens with two attached hydrogens (primary N) is 1. The molecule has 0 saturated heterocycles. The normalized spacial score (nSPS) is 11.2. The van der Waals surface area contributed by atoms with Gasteiger partial charge in [-0.25, -0.2) is 13.4 Å². The summed E-state index contributed by atoms with van der Waals surface area (Å²) < 4.78 is 32.9. The molecule has 1 aromatic carbocycles. The predicted octanol–water partition coefficient (Wildman–Crippen LogP) is 2.54. The van der Waals surface area contributed by atoms with Gasteiger partial charge in [-0.3, -0.25) is 4.72 Å². The Bertz CT molecular complexity index is 778. The number of methoxy groups -OCH3 is 1. The van der Waals surface area contributed by atoms with Crippen molar-refractivity contribution in [3.63, 3.8) is 0 Å². The Balaban J connectivity index is 2.38. The van der Waals surface area contributed by atoms with Crippen LogP contribution >= 0.6 is 15.9 Å². The number of sulfonamides is 1. The largest absolute Gasteiger partial charge is 0.497 e. The Morgan fingerprint density at radius 3 is 2.57 bits per heavy atom. The summed E-state index contributed by atoms with van der Waals surface area (Å²) in [5.74, 6) is 0.493. The molecule has 1 heterocycles. The van der Waals surface area contributed by atoms with E-state index in [1.807, 2.05) is 0 Å². The minimum absolute atomic E-state index is 0.00869. The van der Waals surface area contributed by atoms with Gasteiger partial charge in [-0.1, -0.05) is 0 Å². The highest BCUT2D eigenvalue weighted by atomic mass is 79.9. The second-order valence-electron chi connectivity index (χ2n) is 4.28. The first kappa shape index (κ1) is 15.6. The molecule has 0 aliphatic rings. The van der Waals surface area contributed by atoms with Crippen LogP contribution < -0.4 is 15.2 Å². The summed E-state index contributed by atoms with van der Waals surface area (Å²) in [6.07, 6.45) is 0. The van der Waals surface area contributed by atoms with Crippen LogP contribution in [0.1, 0.15) is 5.69 Å². The molecule has 1 aromatic heterocycles.